The Labute approximate surface area is 233 Å². The summed E-state index contributed by atoms with van der Waals surface area (Å²) in [5, 5.41) is 2.88. The molecule has 4 aromatic rings. The number of furan rings is 1. The van der Waals surface area contributed by atoms with Crippen LogP contribution in [-0.2, 0) is 24.4 Å². The lowest BCUT2D eigenvalue weighted by molar-refractivity contribution is -0.136. The first-order valence-electron chi connectivity index (χ1n) is 13.5. The van der Waals surface area contributed by atoms with Crippen LogP contribution in [0, 0.1) is 18.7 Å². The van der Waals surface area contributed by atoms with Crippen LogP contribution in [0.2, 0.25) is 0 Å². The van der Waals surface area contributed by atoms with Gasteiger partial charge in [-0.05, 0) is 72.0 Å². The Morgan fingerprint density at radius 1 is 1.05 bits per heavy atom. The zero-order valence-electron chi connectivity index (χ0n) is 22.9. The van der Waals surface area contributed by atoms with Gasteiger partial charge in [-0.25, -0.2) is 4.39 Å². The van der Waals surface area contributed by atoms with Gasteiger partial charge in [-0.3, -0.25) is 9.59 Å². The standard InChI is InChI=1S/C33H33FN2O4/c1-21(2)33(38)36-15-14-24-10-11-27(18-29(24)31(36)25-8-5-9-26(34)17-25)39-20-28-12-13-30(40-28)32(37)35-19-23-7-4-6-22(3)16-23/h4-13,16-18,21,31H,14-15,19-20H2,1-3H3,(H,35,37). The summed E-state index contributed by atoms with van der Waals surface area (Å²) in [5.41, 5.74) is 4.88. The molecule has 206 valence electrons. The number of nitrogens with zero attached hydrogens (tertiary/aromatic N) is 1. The SMILES string of the molecule is Cc1cccc(CNC(=O)c2ccc(COc3ccc4c(c3)C(c3cccc(F)c3)N(C(=O)C(C)C)CC4)o2)c1. The third-order valence-corrected chi connectivity index (χ3v) is 7.09. The summed E-state index contributed by atoms with van der Waals surface area (Å²) in [7, 11) is 0. The van der Waals surface area contributed by atoms with Gasteiger partial charge in [-0.15, -0.1) is 0 Å². The molecule has 0 aliphatic carbocycles. The van der Waals surface area contributed by atoms with Crippen molar-refractivity contribution in [3.63, 3.8) is 0 Å². The fourth-order valence-electron chi connectivity index (χ4n) is 5.11. The summed E-state index contributed by atoms with van der Waals surface area (Å²) >= 11 is 0. The monoisotopic (exact) mass is 540 g/mol. The van der Waals surface area contributed by atoms with Gasteiger partial charge in [0, 0.05) is 19.0 Å². The van der Waals surface area contributed by atoms with Crippen LogP contribution in [0.15, 0.2) is 83.3 Å². The summed E-state index contributed by atoms with van der Waals surface area (Å²) in [6.45, 7) is 6.86. The predicted molar refractivity (Wildman–Crippen MR) is 150 cm³/mol. The maximum atomic E-state index is 14.2. The van der Waals surface area contributed by atoms with Crippen LogP contribution >= 0.6 is 0 Å². The fourth-order valence-corrected chi connectivity index (χ4v) is 5.11. The molecule has 0 spiro atoms. The Morgan fingerprint density at radius 2 is 1.88 bits per heavy atom. The molecule has 1 N–H and O–H groups in total. The molecule has 40 heavy (non-hydrogen) atoms. The van der Waals surface area contributed by atoms with Gasteiger partial charge in [0.2, 0.25) is 5.91 Å². The van der Waals surface area contributed by atoms with Gasteiger partial charge in [0.15, 0.2) is 5.76 Å². The van der Waals surface area contributed by atoms with E-state index < -0.39 is 6.04 Å². The van der Waals surface area contributed by atoms with Gasteiger partial charge in [-0.1, -0.05) is 61.9 Å². The van der Waals surface area contributed by atoms with E-state index in [1.165, 1.54) is 12.1 Å². The Morgan fingerprint density at radius 3 is 2.65 bits per heavy atom. The summed E-state index contributed by atoms with van der Waals surface area (Å²) in [6, 6.07) is 23.1. The molecule has 1 aromatic heterocycles. The Balaban J connectivity index is 1.30. The van der Waals surface area contributed by atoms with Crippen molar-refractivity contribution in [1.29, 1.82) is 0 Å². The number of benzene rings is 3. The van der Waals surface area contributed by atoms with Gasteiger partial charge < -0.3 is 19.4 Å². The van der Waals surface area contributed by atoms with E-state index in [4.69, 9.17) is 9.15 Å². The largest absolute Gasteiger partial charge is 0.486 e. The maximum Gasteiger partial charge on any atom is 0.287 e. The van der Waals surface area contributed by atoms with Crippen molar-refractivity contribution < 1.29 is 23.1 Å². The lowest BCUT2D eigenvalue weighted by Gasteiger charge is -2.39. The normalized spacial score (nSPS) is 14.6. The van der Waals surface area contributed by atoms with E-state index >= 15 is 0 Å². The van der Waals surface area contributed by atoms with Gasteiger partial charge >= 0.3 is 0 Å². The summed E-state index contributed by atoms with van der Waals surface area (Å²) < 4.78 is 26.0. The highest BCUT2D eigenvalue weighted by Crippen LogP contribution is 2.38. The van der Waals surface area contributed by atoms with Crippen LogP contribution in [0.3, 0.4) is 0 Å². The second-order valence-electron chi connectivity index (χ2n) is 10.5. The molecule has 1 aliphatic heterocycles. The van der Waals surface area contributed by atoms with Gasteiger partial charge in [0.05, 0.1) is 6.04 Å². The van der Waals surface area contributed by atoms with Crippen molar-refractivity contribution in [1.82, 2.24) is 10.2 Å². The van der Waals surface area contributed by atoms with E-state index in [0.29, 0.717) is 31.0 Å². The van der Waals surface area contributed by atoms with Crippen LogP contribution in [0.1, 0.15) is 64.0 Å². The molecule has 6 nitrogen and oxygen atoms in total. The number of hydrogen-bond acceptors (Lipinski definition) is 4. The Bertz CT molecular complexity index is 1530. The number of aryl methyl sites for hydroxylation is 1. The number of nitrogens with one attached hydrogen (secondary N) is 1. The minimum atomic E-state index is -0.412. The zero-order valence-corrected chi connectivity index (χ0v) is 22.9. The first-order chi connectivity index (χ1) is 19.3. The minimum Gasteiger partial charge on any atom is -0.486 e. The molecule has 0 saturated carbocycles. The summed E-state index contributed by atoms with van der Waals surface area (Å²) in [4.78, 5) is 27.5. The number of fused-ring (bicyclic) bond motifs is 1. The number of ether oxygens (including phenoxy) is 1. The number of amides is 2. The van der Waals surface area contributed by atoms with Crippen LogP contribution in [0.25, 0.3) is 0 Å². The quantitative estimate of drug-likeness (QED) is 0.282. The summed E-state index contributed by atoms with van der Waals surface area (Å²) in [6.07, 6.45) is 0.707. The molecule has 2 heterocycles. The molecular weight excluding hydrogens is 507 g/mol. The van der Waals surface area contributed by atoms with Crippen LogP contribution < -0.4 is 10.1 Å². The second-order valence-corrected chi connectivity index (χ2v) is 10.5. The molecule has 1 unspecified atom stereocenters. The predicted octanol–water partition coefficient (Wildman–Crippen LogP) is 6.37. The molecule has 5 rings (SSSR count). The topological polar surface area (TPSA) is 71.8 Å². The molecule has 1 atom stereocenters. The van der Waals surface area contributed by atoms with Crippen molar-refractivity contribution in [2.75, 3.05) is 6.54 Å². The molecule has 0 saturated heterocycles. The van der Waals surface area contributed by atoms with Crippen molar-refractivity contribution in [2.24, 2.45) is 5.92 Å². The molecular formula is C33H33FN2O4. The van der Waals surface area contributed by atoms with Gasteiger partial charge in [0.1, 0.15) is 23.9 Å². The average Bonchev–Trinajstić information content (AvgIpc) is 3.43. The Hall–Kier alpha value is -4.39. The molecule has 1 aliphatic rings. The van der Waals surface area contributed by atoms with E-state index in [0.717, 1.165) is 27.8 Å². The van der Waals surface area contributed by atoms with E-state index in [1.54, 1.807) is 18.2 Å². The smallest absolute Gasteiger partial charge is 0.287 e. The van der Waals surface area contributed by atoms with Crippen molar-refractivity contribution in [3.05, 3.63) is 124 Å². The lowest BCUT2D eigenvalue weighted by Crippen LogP contribution is -2.42. The van der Waals surface area contributed by atoms with Crippen LogP contribution in [-0.4, -0.2) is 23.3 Å². The van der Waals surface area contributed by atoms with E-state index in [2.05, 4.69) is 5.32 Å². The number of halogens is 1. The number of carbonyl (C=O) groups excluding carboxylic acids is 2. The minimum absolute atomic E-state index is 0.0232. The maximum absolute atomic E-state index is 14.2. The van der Waals surface area contributed by atoms with Crippen molar-refractivity contribution >= 4 is 11.8 Å². The second kappa shape index (κ2) is 11.8. The van der Waals surface area contributed by atoms with E-state index in [1.807, 2.05) is 74.2 Å². The molecule has 0 radical (unpaired) electrons. The first kappa shape index (κ1) is 27.2. The molecule has 2 amide bonds. The highest BCUT2D eigenvalue weighted by atomic mass is 19.1. The van der Waals surface area contributed by atoms with E-state index in [9.17, 15) is 14.0 Å². The first-order valence-corrected chi connectivity index (χ1v) is 13.5. The van der Waals surface area contributed by atoms with Gasteiger partial charge in [-0.2, -0.15) is 0 Å². The third-order valence-electron chi connectivity index (χ3n) is 7.09. The zero-order chi connectivity index (χ0) is 28.2. The number of rotatable bonds is 8. The Kier molecular flexibility index (Phi) is 8.01. The molecule has 7 heteroatoms. The fraction of sp³-hybridized carbons (Fsp3) is 0.273. The molecule has 0 bridgehead atoms. The third kappa shape index (κ3) is 6.09. The van der Waals surface area contributed by atoms with Crippen molar-refractivity contribution in [3.8, 4) is 5.75 Å². The van der Waals surface area contributed by atoms with Crippen molar-refractivity contribution in [2.45, 2.75) is 46.4 Å². The van der Waals surface area contributed by atoms with Gasteiger partial charge in [0.25, 0.3) is 5.91 Å². The molecule has 3 aromatic carbocycles. The van der Waals surface area contributed by atoms with E-state index in [-0.39, 0.29) is 35.9 Å². The average molecular weight is 541 g/mol. The van der Waals surface area contributed by atoms with Crippen LogP contribution in [0.5, 0.6) is 5.75 Å². The van der Waals surface area contributed by atoms with Crippen LogP contribution in [0.4, 0.5) is 4.39 Å². The molecule has 0 fully saturated rings. The highest BCUT2D eigenvalue weighted by molar-refractivity contribution is 5.91. The number of hydrogen-bond donors (Lipinski definition) is 1. The number of carbonyl (C=O) groups is 2. The summed E-state index contributed by atoms with van der Waals surface area (Å²) in [5.74, 6) is 0.525. The lowest BCUT2D eigenvalue weighted by atomic mass is 9.87. The highest BCUT2D eigenvalue weighted by Gasteiger charge is 2.33.